The summed E-state index contributed by atoms with van der Waals surface area (Å²) < 4.78 is 19.1. The van der Waals surface area contributed by atoms with E-state index in [1.54, 1.807) is 19.1 Å². The third-order valence-electron chi connectivity index (χ3n) is 3.00. The van der Waals surface area contributed by atoms with Crippen LogP contribution in [0.15, 0.2) is 48.5 Å². The van der Waals surface area contributed by atoms with Gasteiger partial charge in [-0.25, -0.2) is 4.39 Å². The van der Waals surface area contributed by atoms with Gasteiger partial charge in [-0.2, -0.15) is 0 Å². The van der Waals surface area contributed by atoms with E-state index in [0.717, 1.165) is 5.56 Å². The lowest BCUT2D eigenvalue weighted by Gasteiger charge is -2.23. The first-order valence-electron chi connectivity index (χ1n) is 6.31. The Hall–Kier alpha value is -1.87. The second-order valence-corrected chi connectivity index (χ2v) is 4.72. The van der Waals surface area contributed by atoms with Crippen LogP contribution in [-0.2, 0) is 0 Å². The number of aryl methyl sites for hydroxylation is 1. The topological polar surface area (TPSA) is 35.2 Å². The maximum Gasteiger partial charge on any atom is 0.138 e. The second-order valence-electron chi connectivity index (χ2n) is 4.72. The molecular formula is C16H18FNO. The van der Waals surface area contributed by atoms with Crippen LogP contribution in [0.2, 0.25) is 0 Å². The van der Waals surface area contributed by atoms with Crippen LogP contribution in [0.25, 0.3) is 0 Å². The summed E-state index contributed by atoms with van der Waals surface area (Å²) in [5.41, 5.74) is 7.56. The monoisotopic (exact) mass is 259 g/mol. The fraction of sp³-hybridized carbons (Fsp3) is 0.250. The Bertz CT molecular complexity index is 540. The Morgan fingerprint density at radius 1 is 1.11 bits per heavy atom. The molecule has 100 valence electrons. The van der Waals surface area contributed by atoms with Crippen molar-refractivity contribution < 1.29 is 9.13 Å². The number of halogens is 1. The molecule has 2 aromatic carbocycles. The molecule has 0 aromatic heterocycles. The number of nitrogens with two attached hydrogens (primary N) is 1. The molecule has 0 aliphatic carbocycles. The number of hydrogen-bond donors (Lipinski definition) is 1. The van der Waals surface area contributed by atoms with E-state index in [-0.39, 0.29) is 18.0 Å². The van der Waals surface area contributed by atoms with Crippen LogP contribution in [-0.4, -0.2) is 6.04 Å². The molecule has 0 bridgehead atoms. The van der Waals surface area contributed by atoms with Crippen LogP contribution in [0.1, 0.15) is 24.2 Å². The molecule has 0 aliphatic rings. The van der Waals surface area contributed by atoms with Gasteiger partial charge in [0.05, 0.1) is 0 Å². The van der Waals surface area contributed by atoms with E-state index in [1.807, 2.05) is 37.3 Å². The molecule has 2 N–H and O–H groups in total. The van der Waals surface area contributed by atoms with Gasteiger partial charge in [-0.1, -0.05) is 30.3 Å². The molecular weight excluding hydrogens is 241 g/mol. The zero-order valence-corrected chi connectivity index (χ0v) is 11.1. The summed E-state index contributed by atoms with van der Waals surface area (Å²) in [7, 11) is 0. The van der Waals surface area contributed by atoms with E-state index in [1.165, 1.54) is 6.07 Å². The average Bonchev–Trinajstić information content (AvgIpc) is 2.40. The Balaban J connectivity index is 2.24. The van der Waals surface area contributed by atoms with Gasteiger partial charge in [-0.3, -0.25) is 0 Å². The molecule has 0 spiro atoms. The standard InChI is InChI=1S/C16H18FNO/c1-11-10-14(8-9-15(11)17)19-16(12(2)18)13-6-4-3-5-7-13/h3-10,12,16H,18H2,1-2H3. The lowest BCUT2D eigenvalue weighted by atomic mass is 10.0. The summed E-state index contributed by atoms with van der Waals surface area (Å²) >= 11 is 0. The molecule has 0 amide bonds. The fourth-order valence-corrected chi connectivity index (χ4v) is 1.96. The van der Waals surface area contributed by atoms with Gasteiger partial charge in [0.25, 0.3) is 0 Å². The van der Waals surface area contributed by atoms with Gasteiger partial charge in [0, 0.05) is 6.04 Å². The highest BCUT2D eigenvalue weighted by Gasteiger charge is 2.18. The highest BCUT2D eigenvalue weighted by Crippen LogP contribution is 2.25. The van der Waals surface area contributed by atoms with Gasteiger partial charge < -0.3 is 10.5 Å². The van der Waals surface area contributed by atoms with Crippen molar-refractivity contribution in [1.82, 2.24) is 0 Å². The quantitative estimate of drug-likeness (QED) is 0.910. The van der Waals surface area contributed by atoms with E-state index in [2.05, 4.69) is 0 Å². The van der Waals surface area contributed by atoms with Crippen molar-refractivity contribution in [3.05, 3.63) is 65.5 Å². The summed E-state index contributed by atoms with van der Waals surface area (Å²) in [6.45, 7) is 3.61. The Morgan fingerprint density at radius 3 is 2.37 bits per heavy atom. The van der Waals surface area contributed by atoms with E-state index in [4.69, 9.17) is 10.5 Å². The summed E-state index contributed by atoms with van der Waals surface area (Å²) in [6.07, 6.45) is -0.244. The van der Waals surface area contributed by atoms with E-state index in [0.29, 0.717) is 11.3 Å². The molecule has 0 saturated heterocycles. The van der Waals surface area contributed by atoms with Crippen molar-refractivity contribution in [1.29, 1.82) is 0 Å². The van der Waals surface area contributed by atoms with Crippen molar-refractivity contribution in [2.24, 2.45) is 5.73 Å². The third kappa shape index (κ3) is 3.32. The molecule has 2 aromatic rings. The normalized spacial score (nSPS) is 13.9. The summed E-state index contributed by atoms with van der Waals surface area (Å²) in [4.78, 5) is 0. The lowest BCUT2D eigenvalue weighted by Crippen LogP contribution is -2.29. The fourth-order valence-electron chi connectivity index (χ4n) is 1.96. The second kappa shape index (κ2) is 5.85. The minimum absolute atomic E-state index is 0.159. The number of ether oxygens (including phenoxy) is 1. The van der Waals surface area contributed by atoms with Crippen LogP contribution in [0.5, 0.6) is 5.75 Å². The van der Waals surface area contributed by atoms with Crippen molar-refractivity contribution in [3.8, 4) is 5.75 Å². The number of rotatable bonds is 4. The zero-order valence-electron chi connectivity index (χ0n) is 11.1. The van der Waals surface area contributed by atoms with E-state index >= 15 is 0 Å². The molecule has 19 heavy (non-hydrogen) atoms. The van der Waals surface area contributed by atoms with Crippen LogP contribution >= 0.6 is 0 Å². The van der Waals surface area contributed by atoms with Crippen LogP contribution in [0.4, 0.5) is 4.39 Å². The average molecular weight is 259 g/mol. The van der Waals surface area contributed by atoms with Gasteiger partial charge in [0.15, 0.2) is 0 Å². The van der Waals surface area contributed by atoms with Gasteiger partial charge in [0.1, 0.15) is 17.7 Å². The first-order chi connectivity index (χ1) is 9.08. The largest absolute Gasteiger partial charge is 0.484 e. The van der Waals surface area contributed by atoms with Crippen LogP contribution in [0.3, 0.4) is 0 Å². The van der Waals surface area contributed by atoms with Crippen LogP contribution in [0, 0.1) is 12.7 Å². The highest BCUT2D eigenvalue weighted by molar-refractivity contribution is 5.30. The molecule has 0 radical (unpaired) electrons. The maximum atomic E-state index is 13.2. The number of hydrogen-bond acceptors (Lipinski definition) is 2. The molecule has 0 aliphatic heterocycles. The van der Waals surface area contributed by atoms with Gasteiger partial charge in [-0.05, 0) is 43.2 Å². The highest BCUT2D eigenvalue weighted by atomic mass is 19.1. The summed E-state index contributed by atoms with van der Waals surface area (Å²) in [5, 5.41) is 0. The molecule has 0 fully saturated rings. The van der Waals surface area contributed by atoms with Crippen molar-refractivity contribution in [2.45, 2.75) is 26.0 Å². The predicted molar refractivity (Wildman–Crippen MR) is 74.6 cm³/mol. The first-order valence-corrected chi connectivity index (χ1v) is 6.31. The Kier molecular flexibility index (Phi) is 4.17. The van der Waals surface area contributed by atoms with Gasteiger partial charge >= 0.3 is 0 Å². The van der Waals surface area contributed by atoms with Crippen LogP contribution < -0.4 is 10.5 Å². The lowest BCUT2D eigenvalue weighted by molar-refractivity contribution is 0.180. The predicted octanol–water partition coefficient (Wildman–Crippen LogP) is 3.60. The van der Waals surface area contributed by atoms with Crippen molar-refractivity contribution in [2.75, 3.05) is 0 Å². The summed E-state index contributed by atoms with van der Waals surface area (Å²) in [6, 6.07) is 14.4. The maximum absolute atomic E-state index is 13.2. The summed E-state index contributed by atoms with van der Waals surface area (Å²) in [5.74, 6) is 0.398. The molecule has 2 unspecified atom stereocenters. The first kappa shape index (κ1) is 13.6. The Morgan fingerprint density at radius 2 is 1.79 bits per heavy atom. The molecule has 2 nitrogen and oxygen atoms in total. The molecule has 0 saturated carbocycles. The minimum atomic E-state index is -0.244. The van der Waals surface area contributed by atoms with Crippen molar-refractivity contribution >= 4 is 0 Å². The molecule has 3 heteroatoms. The molecule has 2 atom stereocenters. The smallest absolute Gasteiger partial charge is 0.138 e. The Labute approximate surface area is 113 Å². The SMILES string of the molecule is Cc1cc(OC(c2ccccc2)C(C)N)ccc1F. The van der Waals surface area contributed by atoms with Gasteiger partial charge in [0.2, 0.25) is 0 Å². The molecule has 2 rings (SSSR count). The number of benzene rings is 2. The third-order valence-corrected chi connectivity index (χ3v) is 3.00. The minimum Gasteiger partial charge on any atom is -0.484 e. The van der Waals surface area contributed by atoms with E-state index < -0.39 is 0 Å². The van der Waals surface area contributed by atoms with E-state index in [9.17, 15) is 4.39 Å². The van der Waals surface area contributed by atoms with Gasteiger partial charge in [-0.15, -0.1) is 0 Å². The van der Waals surface area contributed by atoms with Crippen molar-refractivity contribution in [3.63, 3.8) is 0 Å². The molecule has 0 heterocycles. The zero-order chi connectivity index (χ0) is 13.8.